The van der Waals surface area contributed by atoms with Gasteiger partial charge in [-0.1, -0.05) is 11.6 Å². The van der Waals surface area contributed by atoms with Gasteiger partial charge in [0.2, 0.25) is 5.78 Å². The van der Waals surface area contributed by atoms with Crippen molar-refractivity contribution in [3.05, 3.63) is 55.4 Å². The molecule has 2 rings (SSSR count). The van der Waals surface area contributed by atoms with Gasteiger partial charge in [0.15, 0.2) is 0 Å². The Morgan fingerprint density at radius 2 is 2.12 bits per heavy atom. The van der Waals surface area contributed by atoms with Crippen molar-refractivity contribution in [2.45, 2.75) is 0 Å². The standard InChI is InChI=1S/C11H5BrClFOS/c12-7-5-6(1-2-9(7)14)10(15)11-8(13)3-4-16-11/h1-5H. The predicted molar refractivity (Wildman–Crippen MR) is 66.9 cm³/mol. The molecule has 0 saturated heterocycles. The van der Waals surface area contributed by atoms with Crippen LogP contribution in [0.2, 0.25) is 5.02 Å². The highest BCUT2D eigenvalue weighted by Crippen LogP contribution is 2.26. The SMILES string of the molecule is O=C(c1ccc(F)c(Br)c1)c1sccc1Cl. The van der Waals surface area contributed by atoms with Crippen molar-refractivity contribution < 1.29 is 9.18 Å². The third kappa shape index (κ3) is 2.19. The highest BCUT2D eigenvalue weighted by Gasteiger charge is 2.15. The maximum absolute atomic E-state index is 13.0. The van der Waals surface area contributed by atoms with Gasteiger partial charge >= 0.3 is 0 Å². The summed E-state index contributed by atoms with van der Waals surface area (Å²) in [5.41, 5.74) is 0.414. The van der Waals surface area contributed by atoms with Crippen molar-refractivity contribution in [3.63, 3.8) is 0 Å². The first kappa shape index (κ1) is 11.8. The van der Waals surface area contributed by atoms with Crippen LogP contribution in [-0.4, -0.2) is 5.78 Å². The minimum absolute atomic E-state index is 0.194. The summed E-state index contributed by atoms with van der Waals surface area (Å²) in [6.07, 6.45) is 0. The molecule has 1 aromatic carbocycles. The van der Waals surface area contributed by atoms with E-state index in [-0.39, 0.29) is 10.3 Å². The number of benzene rings is 1. The second kappa shape index (κ2) is 4.65. The van der Waals surface area contributed by atoms with E-state index in [9.17, 15) is 9.18 Å². The molecule has 82 valence electrons. The number of ketones is 1. The van der Waals surface area contributed by atoms with Gasteiger partial charge in [0.1, 0.15) is 5.82 Å². The van der Waals surface area contributed by atoms with Crippen molar-refractivity contribution in [2.75, 3.05) is 0 Å². The molecular weight excluding hydrogens is 315 g/mol. The van der Waals surface area contributed by atoms with E-state index in [0.29, 0.717) is 15.5 Å². The number of carbonyl (C=O) groups excluding carboxylic acids is 1. The third-order valence-electron chi connectivity index (χ3n) is 2.01. The van der Waals surface area contributed by atoms with Crippen molar-refractivity contribution in [3.8, 4) is 0 Å². The average Bonchev–Trinajstić information content (AvgIpc) is 2.67. The van der Waals surface area contributed by atoms with Crippen molar-refractivity contribution in [1.82, 2.24) is 0 Å². The van der Waals surface area contributed by atoms with Crippen LogP contribution in [0.15, 0.2) is 34.1 Å². The molecular formula is C11H5BrClFOS. The second-order valence-electron chi connectivity index (χ2n) is 3.06. The Labute approximate surface area is 109 Å². The van der Waals surface area contributed by atoms with E-state index >= 15 is 0 Å². The van der Waals surface area contributed by atoms with Gasteiger partial charge in [-0.05, 0) is 45.6 Å². The average molecular weight is 320 g/mol. The van der Waals surface area contributed by atoms with Gasteiger partial charge in [-0.25, -0.2) is 4.39 Å². The lowest BCUT2D eigenvalue weighted by atomic mass is 10.1. The van der Waals surface area contributed by atoms with Crippen LogP contribution in [0.3, 0.4) is 0 Å². The first-order valence-electron chi connectivity index (χ1n) is 4.32. The molecule has 0 bridgehead atoms. The molecule has 0 atom stereocenters. The molecule has 0 spiro atoms. The van der Waals surface area contributed by atoms with E-state index < -0.39 is 5.82 Å². The maximum atomic E-state index is 13.0. The van der Waals surface area contributed by atoms with E-state index in [2.05, 4.69) is 15.9 Å². The fourth-order valence-electron chi connectivity index (χ4n) is 1.22. The van der Waals surface area contributed by atoms with Crippen LogP contribution >= 0.6 is 38.9 Å². The van der Waals surface area contributed by atoms with Crippen molar-refractivity contribution in [2.24, 2.45) is 0 Å². The normalized spacial score (nSPS) is 10.4. The number of hydrogen-bond donors (Lipinski definition) is 0. The summed E-state index contributed by atoms with van der Waals surface area (Å²) in [5.74, 6) is -0.588. The zero-order chi connectivity index (χ0) is 11.7. The second-order valence-corrected chi connectivity index (χ2v) is 5.23. The fourth-order valence-corrected chi connectivity index (χ4v) is 2.71. The topological polar surface area (TPSA) is 17.1 Å². The predicted octanol–water partition coefficient (Wildman–Crippen LogP) is 4.53. The lowest BCUT2D eigenvalue weighted by molar-refractivity contribution is 0.104. The van der Waals surface area contributed by atoms with Gasteiger partial charge in [-0.2, -0.15) is 0 Å². The lowest BCUT2D eigenvalue weighted by Crippen LogP contribution is -1.99. The van der Waals surface area contributed by atoms with E-state index in [1.54, 1.807) is 11.4 Å². The molecule has 1 nitrogen and oxygen atoms in total. The summed E-state index contributed by atoms with van der Waals surface area (Å²) >= 11 is 10.2. The van der Waals surface area contributed by atoms with Gasteiger partial charge in [0.05, 0.1) is 14.4 Å². The Hall–Kier alpha value is -0.710. The van der Waals surface area contributed by atoms with E-state index in [0.717, 1.165) is 0 Å². The highest BCUT2D eigenvalue weighted by molar-refractivity contribution is 9.10. The molecule has 1 aromatic heterocycles. The Morgan fingerprint density at radius 1 is 1.38 bits per heavy atom. The monoisotopic (exact) mass is 318 g/mol. The largest absolute Gasteiger partial charge is 0.288 e. The van der Waals surface area contributed by atoms with Crippen LogP contribution in [-0.2, 0) is 0 Å². The number of halogens is 3. The molecule has 0 amide bonds. The quantitative estimate of drug-likeness (QED) is 0.743. The van der Waals surface area contributed by atoms with Gasteiger partial charge in [-0.3, -0.25) is 4.79 Å². The number of rotatable bonds is 2. The minimum atomic E-state index is -0.395. The van der Waals surface area contributed by atoms with Crippen LogP contribution in [0.25, 0.3) is 0 Å². The maximum Gasteiger partial charge on any atom is 0.204 e. The summed E-state index contributed by atoms with van der Waals surface area (Å²) < 4.78 is 13.3. The van der Waals surface area contributed by atoms with Crippen LogP contribution in [0.5, 0.6) is 0 Å². The third-order valence-corrected chi connectivity index (χ3v) is 3.95. The summed E-state index contributed by atoms with van der Waals surface area (Å²) in [6.45, 7) is 0. The molecule has 0 radical (unpaired) electrons. The summed E-state index contributed by atoms with van der Waals surface area (Å²) in [4.78, 5) is 12.4. The molecule has 5 heteroatoms. The molecule has 0 saturated carbocycles. The lowest BCUT2D eigenvalue weighted by Gasteiger charge is -2.00. The van der Waals surface area contributed by atoms with Gasteiger partial charge in [0.25, 0.3) is 0 Å². The first-order chi connectivity index (χ1) is 7.59. The molecule has 1 heterocycles. The van der Waals surface area contributed by atoms with Crippen LogP contribution < -0.4 is 0 Å². The summed E-state index contributed by atoms with van der Waals surface area (Å²) in [5, 5.41) is 2.17. The zero-order valence-electron chi connectivity index (χ0n) is 7.84. The number of hydrogen-bond acceptors (Lipinski definition) is 2. The van der Waals surface area contributed by atoms with E-state index in [4.69, 9.17) is 11.6 Å². The van der Waals surface area contributed by atoms with E-state index in [1.807, 2.05) is 0 Å². The van der Waals surface area contributed by atoms with Crippen LogP contribution in [0.1, 0.15) is 15.2 Å². The molecule has 0 aliphatic rings. The number of thiophene rings is 1. The molecule has 0 fully saturated rings. The smallest absolute Gasteiger partial charge is 0.204 e. The molecule has 2 aromatic rings. The highest BCUT2D eigenvalue weighted by atomic mass is 79.9. The first-order valence-corrected chi connectivity index (χ1v) is 6.37. The van der Waals surface area contributed by atoms with Gasteiger partial charge in [0, 0.05) is 5.56 Å². The van der Waals surface area contributed by atoms with Gasteiger partial charge < -0.3 is 0 Å². The minimum Gasteiger partial charge on any atom is -0.288 e. The van der Waals surface area contributed by atoms with E-state index in [1.165, 1.54) is 29.5 Å². The molecule has 0 aliphatic carbocycles. The number of carbonyl (C=O) groups is 1. The fraction of sp³-hybridized carbons (Fsp3) is 0. The van der Waals surface area contributed by atoms with Crippen LogP contribution in [0, 0.1) is 5.82 Å². The Bertz CT molecular complexity index is 553. The molecule has 0 aliphatic heterocycles. The summed E-state index contributed by atoms with van der Waals surface area (Å²) in [7, 11) is 0. The molecule has 0 N–H and O–H groups in total. The molecule has 0 unspecified atom stereocenters. The molecule has 16 heavy (non-hydrogen) atoms. The zero-order valence-corrected chi connectivity index (χ0v) is 11.0. The van der Waals surface area contributed by atoms with Crippen molar-refractivity contribution >= 4 is 44.7 Å². The van der Waals surface area contributed by atoms with Crippen molar-refractivity contribution in [1.29, 1.82) is 0 Å². The van der Waals surface area contributed by atoms with Crippen LogP contribution in [0.4, 0.5) is 4.39 Å². The summed E-state index contributed by atoms with van der Waals surface area (Å²) in [6, 6.07) is 5.81. The Balaban J connectivity index is 2.42. The Morgan fingerprint density at radius 3 is 2.69 bits per heavy atom. The Kier molecular flexibility index (Phi) is 3.42. The van der Waals surface area contributed by atoms with Gasteiger partial charge in [-0.15, -0.1) is 11.3 Å².